The lowest BCUT2D eigenvalue weighted by Gasteiger charge is -2.17. The van der Waals surface area contributed by atoms with Gasteiger partial charge in [0.25, 0.3) is 0 Å². The standard InChI is InChI=1S/C15H20N2O3/c1-11(2)10-17(3)15(20)16-9-8-12-4-6-13(7-5-12)14(18)19/h4-7H,1,8-10H2,2-3H3,(H,16,20)(H,18,19). The van der Waals surface area contributed by atoms with E-state index in [2.05, 4.69) is 11.9 Å². The zero-order valence-electron chi connectivity index (χ0n) is 11.8. The van der Waals surface area contributed by atoms with Crippen molar-refractivity contribution in [3.8, 4) is 0 Å². The van der Waals surface area contributed by atoms with Crippen LogP contribution in [0.1, 0.15) is 22.8 Å². The highest BCUT2D eigenvalue weighted by molar-refractivity contribution is 5.87. The molecule has 0 heterocycles. The molecule has 0 saturated carbocycles. The quantitative estimate of drug-likeness (QED) is 0.782. The minimum absolute atomic E-state index is 0.143. The monoisotopic (exact) mass is 276 g/mol. The Labute approximate surface area is 118 Å². The van der Waals surface area contributed by atoms with Crippen molar-refractivity contribution in [3.63, 3.8) is 0 Å². The molecule has 0 aliphatic carbocycles. The Balaban J connectivity index is 2.38. The smallest absolute Gasteiger partial charge is 0.335 e. The van der Waals surface area contributed by atoms with Crippen molar-refractivity contribution in [2.45, 2.75) is 13.3 Å². The number of hydrogen-bond acceptors (Lipinski definition) is 2. The minimum Gasteiger partial charge on any atom is -0.478 e. The Morgan fingerprint density at radius 2 is 1.90 bits per heavy atom. The number of benzene rings is 1. The summed E-state index contributed by atoms with van der Waals surface area (Å²) < 4.78 is 0. The zero-order chi connectivity index (χ0) is 15.1. The summed E-state index contributed by atoms with van der Waals surface area (Å²) in [7, 11) is 1.71. The highest BCUT2D eigenvalue weighted by Gasteiger charge is 2.07. The van der Waals surface area contributed by atoms with Gasteiger partial charge in [-0.25, -0.2) is 9.59 Å². The Bertz CT molecular complexity index is 494. The number of amides is 2. The van der Waals surface area contributed by atoms with Gasteiger partial charge in [-0.05, 0) is 31.0 Å². The maximum absolute atomic E-state index is 11.7. The third kappa shape index (κ3) is 5.14. The van der Waals surface area contributed by atoms with Crippen LogP contribution >= 0.6 is 0 Å². The van der Waals surface area contributed by atoms with Crippen LogP contribution in [-0.4, -0.2) is 42.1 Å². The number of nitrogens with zero attached hydrogens (tertiary/aromatic N) is 1. The molecular weight excluding hydrogens is 256 g/mol. The van der Waals surface area contributed by atoms with Gasteiger partial charge in [-0.3, -0.25) is 0 Å². The van der Waals surface area contributed by atoms with Crippen molar-refractivity contribution >= 4 is 12.0 Å². The van der Waals surface area contributed by atoms with Crippen LogP contribution in [0.4, 0.5) is 4.79 Å². The van der Waals surface area contributed by atoms with Crippen molar-refractivity contribution in [2.75, 3.05) is 20.1 Å². The summed E-state index contributed by atoms with van der Waals surface area (Å²) >= 11 is 0. The van der Waals surface area contributed by atoms with Crippen LogP contribution < -0.4 is 5.32 Å². The Morgan fingerprint density at radius 1 is 1.30 bits per heavy atom. The van der Waals surface area contributed by atoms with Crippen LogP contribution in [0.5, 0.6) is 0 Å². The number of nitrogens with one attached hydrogen (secondary N) is 1. The minimum atomic E-state index is -0.939. The van der Waals surface area contributed by atoms with E-state index in [4.69, 9.17) is 5.11 Å². The summed E-state index contributed by atoms with van der Waals surface area (Å²) in [5, 5.41) is 11.6. The van der Waals surface area contributed by atoms with E-state index in [1.54, 1.807) is 36.2 Å². The van der Waals surface area contributed by atoms with E-state index in [1.807, 2.05) is 6.92 Å². The van der Waals surface area contributed by atoms with Gasteiger partial charge in [0, 0.05) is 20.1 Å². The Hall–Kier alpha value is -2.30. The first-order valence-electron chi connectivity index (χ1n) is 6.35. The predicted octanol–water partition coefficient (Wildman–Crippen LogP) is 2.14. The van der Waals surface area contributed by atoms with E-state index >= 15 is 0 Å². The highest BCUT2D eigenvalue weighted by Crippen LogP contribution is 2.04. The predicted molar refractivity (Wildman–Crippen MR) is 77.9 cm³/mol. The molecule has 5 heteroatoms. The fraction of sp³-hybridized carbons (Fsp3) is 0.333. The topological polar surface area (TPSA) is 69.6 Å². The fourth-order valence-corrected chi connectivity index (χ4v) is 1.74. The van der Waals surface area contributed by atoms with Gasteiger partial charge in [-0.15, -0.1) is 0 Å². The number of aromatic carboxylic acids is 1. The Kier molecular flexibility index (Phi) is 5.77. The van der Waals surface area contributed by atoms with Gasteiger partial charge in [0.1, 0.15) is 0 Å². The van der Waals surface area contributed by atoms with Crippen molar-refractivity contribution in [1.82, 2.24) is 10.2 Å². The molecule has 0 spiro atoms. The number of carboxylic acid groups (broad SMARTS) is 1. The third-order valence-electron chi connectivity index (χ3n) is 2.74. The molecule has 0 saturated heterocycles. The molecule has 1 rings (SSSR count). The summed E-state index contributed by atoms with van der Waals surface area (Å²) in [6, 6.07) is 6.50. The number of rotatable bonds is 6. The SMILES string of the molecule is C=C(C)CN(C)C(=O)NCCc1ccc(C(=O)O)cc1. The van der Waals surface area contributed by atoms with Crippen LogP contribution in [0, 0.1) is 0 Å². The van der Waals surface area contributed by atoms with E-state index in [0.29, 0.717) is 19.5 Å². The lowest BCUT2D eigenvalue weighted by atomic mass is 10.1. The van der Waals surface area contributed by atoms with Gasteiger partial charge in [0.2, 0.25) is 0 Å². The largest absolute Gasteiger partial charge is 0.478 e. The molecule has 108 valence electrons. The first-order valence-corrected chi connectivity index (χ1v) is 6.35. The molecule has 1 aromatic carbocycles. The van der Waals surface area contributed by atoms with Gasteiger partial charge in [0.05, 0.1) is 5.56 Å². The molecule has 1 aromatic rings. The maximum Gasteiger partial charge on any atom is 0.335 e. The van der Waals surface area contributed by atoms with Gasteiger partial charge in [0.15, 0.2) is 0 Å². The van der Waals surface area contributed by atoms with Gasteiger partial charge >= 0.3 is 12.0 Å². The second-order valence-corrected chi connectivity index (χ2v) is 4.80. The number of carboxylic acids is 1. The average molecular weight is 276 g/mol. The molecule has 0 aromatic heterocycles. The number of hydrogen-bond donors (Lipinski definition) is 2. The van der Waals surface area contributed by atoms with Crippen LogP contribution in [0.3, 0.4) is 0 Å². The molecule has 0 fully saturated rings. The first-order chi connectivity index (χ1) is 9.40. The number of urea groups is 1. The molecule has 2 amide bonds. The van der Waals surface area contributed by atoms with E-state index < -0.39 is 5.97 Å². The van der Waals surface area contributed by atoms with Crippen molar-refractivity contribution in [3.05, 3.63) is 47.5 Å². The summed E-state index contributed by atoms with van der Waals surface area (Å²) in [5.74, 6) is -0.939. The van der Waals surface area contributed by atoms with E-state index in [-0.39, 0.29) is 11.6 Å². The average Bonchev–Trinajstić information content (AvgIpc) is 2.38. The lowest BCUT2D eigenvalue weighted by Crippen LogP contribution is -2.38. The van der Waals surface area contributed by atoms with Gasteiger partial charge in [-0.1, -0.05) is 24.3 Å². The molecule has 5 nitrogen and oxygen atoms in total. The van der Waals surface area contributed by atoms with Crippen molar-refractivity contribution in [2.24, 2.45) is 0 Å². The molecule has 0 radical (unpaired) electrons. The summed E-state index contributed by atoms with van der Waals surface area (Å²) in [6.07, 6.45) is 0.659. The molecule has 2 N–H and O–H groups in total. The van der Waals surface area contributed by atoms with E-state index in [0.717, 1.165) is 11.1 Å². The zero-order valence-corrected chi connectivity index (χ0v) is 11.8. The number of carbonyl (C=O) groups excluding carboxylic acids is 1. The maximum atomic E-state index is 11.7. The number of carbonyl (C=O) groups is 2. The molecule has 20 heavy (non-hydrogen) atoms. The molecule has 0 aliphatic rings. The van der Waals surface area contributed by atoms with Gasteiger partial charge < -0.3 is 15.3 Å². The number of likely N-dealkylation sites (N-methyl/N-ethyl adjacent to an activating group) is 1. The molecular formula is C15H20N2O3. The fourth-order valence-electron chi connectivity index (χ4n) is 1.74. The van der Waals surface area contributed by atoms with E-state index in [1.165, 1.54) is 0 Å². The Morgan fingerprint density at radius 3 is 2.40 bits per heavy atom. The van der Waals surface area contributed by atoms with Crippen LogP contribution in [0.2, 0.25) is 0 Å². The highest BCUT2D eigenvalue weighted by atomic mass is 16.4. The normalized spacial score (nSPS) is 9.90. The van der Waals surface area contributed by atoms with Crippen molar-refractivity contribution < 1.29 is 14.7 Å². The third-order valence-corrected chi connectivity index (χ3v) is 2.74. The van der Waals surface area contributed by atoms with Crippen LogP contribution in [-0.2, 0) is 6.42 Å². The molecule has 0 bridgehead atoms. The lowest BCUT2D eigenvalue weighted by molar-refractivity contribution is 0.0697. The van der Waals surface area contributed by atoms with Crippen LogP contribution in [0.25, 0.3) is 0 Å². The molecule has 0 unspecified atom stereocenters. The first kappa shape index (κ1) is 15.8. The second kappa shape index (κ2) is 7.33. The summed E-state index contributed by atoms with van der Waals surface area (Å²) in [6.45, 7) is 6.66. The molecule has 0 atom stereocenters. The van der Waals surface area contributed by atoms with Crippen LogP contribution in [0.15, 0.2) is 36.4 Å². The summed E-state index contributed by atoms with van der Waals surface area (Å²) in [4.78, 5) is 24.0. The van der Waals surface area contributed by atoms with Gasteiger partial charge in [-0.2, -0.15) is 0 Å². The molecule has 0 aliphatic heterocycles. The second-order valence-electron chi connectivity index (χ2n) is 4.80. The van der Waals surface area contributed by atoms with E-state index in [9.17, 15) is 9.59 Å². The summed E-state index contributed by atoms with van der Waals surface area (Å²) in [5.41, 5.74) is 2.17. The van der Waals surface area contributed by atoms with Crippen molar-refractivity contribution in [1.29, 1.82) is 0 Å².